The topological polar surface area (TPSA) is 112 Å². The summed E-state index contributed by atoms with van der Waals surface area (Å²) in [6, 6.07) is 6.46. The number of phenolic OH excluding ortho intramolecular Hbond substituents is 1. The SMILES string of the molecule is CC(C)C.CC(C)c1coc(CNc2c(Nc3cccc(C(=O)N(C)C)c3O)c(=O)c2=O)c1. The third-order valence-corrected chi connectivity index (χ3v) is 4.62. The molecule has 0 aliphatic carbocycles. The number of phenols is 1. The van der Waals surface area contributed by atoms with Crippen LogP contribution in [0.25, 0.3) is 0 Å². The van der Waals surface area contributed by atoms with Crippen LogP contribution in [0.15, 0.2) is 44.5 Å². The molecule has 0 aliphatic heterocycles. The van der Waals surface area contributed by atoms with Crippen LogP contribution in [0.4, 0.5) is 17.1 Å². The van der Waals surface area contributed by atoms with Gasteiger partial charge in [-0.15, -0.1) is 0 Å². The number of hydrogen-bond donors (Lipinski definition) is 3. The van der Waals surface area contributed by atoms with E-state index in [1.807, 2.05) is 19.9 Å². The zero-order chi connectivity index (χ0) is 24.9. The van der Waals surface area contributed by atoms with Gasteiger partial charge in [-0.3, -0.25) is 14.4 Å². The fourth-order valence-electron chi connectivity index (χ4n) is 2.84. The van der Waals surface area contributed by atoms with Gasteiger partial charge in [0.25, 0.3) is 16.8 Å². The second kappa shape index (κ2) is 10.8. The molecule has 0 unspecified atom stereocenters. The minimum Gasteiger partial charge on any atom is -0.505 e. The summed E-state index contributed by atoms with van der Waals surface area (Å²) in [4.78, 5) is 37.5. The summed E-state index contributed by atoms with van der Waals surface area (Å²) < 4.78 is 5.46. The van der Waals surface area contributed by atoms with Crippen molar-refractivity contribution < 1.29 is 14.3 Å². The van der Waals surface area contributed by atoms with Gasteiger partial charge in [0.1, 0.15) is 17.1 Å². The number of rotatable bonds is 7. The van der Waals surface area contributed by atoms with Gasteiger partial charge in [-0.25, -0.2) is 0 Å². The standard InChI is InChI=1S/C21H23N3O5.C4H10/c1-11(2)12-8-13(29-10-12)9-22-16-17(20(27)19(16)26)23-15-7-5-6-14(18(15)25)21(28)24(3)4;1-4(2)3/h5-8,10-11,22-23,25H,9H2,1-4H3;4H,1-3H3. The van der Waals surface area contributed by atoms with Gasteiger partial charge in [0.2, 0.25) is 0 Å². The van der Waals surface area contributed by atoms with Gasteiger partial charge >= 0.3 is 0 Å². The van der Waals surface area contributed by atoms with E-state index < -0.39 is 10.9 Å². The van der Waals surface area contributed by atoms with Gasteiger partial charge in [0.05, 0.1) is 24.1 Å². The van der Waals surface area contributed by atoms with Crippen LogP contribution in [-0.2, 0) is 6.54 Å². The molecule has 0 spiro atoms. The lowest BCUT2D eigenvalue weighted by Crippen LogP contribution is -2.36. The van der Waals surface area contributed by atoms with Crippen molar-refractivity contribution in [1.82, 2.24) is 4.90 Å². The van der Waals surface area contributed by atoms with Gasteiger partial charge in [0, 0.05) is 14.1 Å². The Labute approximate surface area is 193 Å². The first-order valence-corrected chi connectivity index (χ1v) is 10.9. The van der Waals surface area contributed by atoms with E-state index in [2.05, 4.69) is 31.4 Å². The van der Waals surface area contributed by atoms with Crippen molar-refractivity contribution in [3.63, 3.8) is 0 Å². The van der Waals surface area contributed by atoms with Crippen molar-refractivity contribution in [3.05, 3.63) is 67.9 Å². The second-order valence-electron chi connectivity index (χ2n) is 9.02. The molecule has 0 aliphatic rings. The fourth-order valence-corrected chi connectivity index (χ4v) is 2.84. The van der Waals surface area contributed by atoms with E-state index in [-0.39, 0.29) is 40.8 Å². The molecular formula is C25H33N3O5. The van der Waals surface area contributed by atoms with Crippen LogP contribution in [0.3, 0.4) is 0 Å². The van der Waals surface area contributed by atoms with Crippen molar-refractivity contribution in [2.75, 3.05) is 24.7 Å². The van der Waals surface area contributed by atoms with Crippen molar-refractivity contribution in [2.24, 2.45) is 5.92 Å². The van der Waals surface area contributed by atoms with Crippen LogP contribution in [-0.4, -0.2) is 30.0 Å². The highest BCUT2D eigenvalue weighted by molar-refractivity contribution is 5.99. The molecule has 0 fully saturated rings. The molecule has 2 aromatic carbocycles. The maximum atomic E-state index is 12.2. The molecule has 0 atom stereocenters. The Morgan fingerprint density at radius 1 is 1.06 bits per heavy atom. The summed E-state index contributed by atoms with van der Waals surface area (Å²) in [5.74, 6) is 1.11. The Morgan fingerprint density at radius 2 is 1.67 bits per heavy atom. The number of nitrogens with zero attached hydrogens (tertiary/aromatic N) is 1. The van der Waals surface area contributed by atoms with E-state index >= 15 is 0 Å². The van der Waals surface area contributed by atoms with Crippen LogP contribution in [0.2, 0.25) is 0 Å². The van der Waals surface area contributed by atoms with E-state index in [4.69, 9.17) is 4.42 Å². The zero-order valence-corrected chi connectivity index (χ0v) is 20.3. The normalized spacial score (nSPS) is 10.8. The molecule has 0 saturated carbocycles. The molecule has 3 N–H and O–H groups in total. The molecule has 3 aromatic rings. The average Bonchev–Trinajstić information content (AvgIpc) is 3.22. The highest BCUT2D eigenvalue weighted by atomic mass is 16.3. The summed E-state index contributed by atoms with van der Waals surface area (Å²) in [5.41, 5.74) is 0.0914. The molecule has 3 rings (SSSR count). The molecule has 8 heteroatoms. The number of hydrogen-bond acceptors (Lipinski definition) is 7. The van der Waals surface area contributed by atoms with E-state index in [1.165, 1.54) is 17.0 Å². The summed E-state index contributed by atoms with van der Waals surface area (Å²) >= 11 is 0. The van der Waals surface area contributed by atoms with Crippen molar-refractivity contribution in [2.45, 2.75) is 47.1 Å². The molecule has 1 heterocycles. The lowest BCUT2D eigenvalue weighted by atomic mass is 10.1. The number of nitrogens with one attached hydrogen (secondary N) is 2. The minimum absolute atomic E-state index is 0.0374. The van der Waals surface area contributed by atoms with Gasteiger partial charge in [-0.2, -0.15) is 0 Å². The van der Waals surface area contributed by atoms with Crippen LogP contribution in [0.5, 0.6) is 5.75 Å². The van der Waals surface area contributed by atoms with Crippen molar-refractivity contribution in [3.8, 4) is 5.75 Å². The molecule has 1 amide bonds. The smallest absolute Gasteiger partial charge is 0.257 e. The third kappa shape index (κ3) is 6.25. The van der Waals surface area contributed by atoms with E-state index in [9.17, 15) is 19.5 Å². The minimum atomic E-state index is -0.696. The molecule has 8 nitrogen and oxygen atoms in total. The van der Waals surface area contributed by atoms with Crippen molar-refractivity contribution in [1.29, 1.82) is 0 Å². The lowest BCUT2D eigenvalue weighted by Gasteiger charge is -2.17. The maximum Gasteiger partial charge on any atom is 0.257 e. The number of anilines is 3. The van der Waals surface area contributed by atoms with Crippen molar-refractivity contribution >= 4 is 23.0 Å². The lowest BCUT2D eigenvalue weighted by molar-refractivity contribution is 0.0824. The summed E-state index contributed by atoms with van der Waals surface area (Å²) in [6.07, 6.45) is 1.66. The molecule has 33 heavy (non-hydrogen) atoms. The maximum absolute atomic E-state index is 12.2. The number of aromatic hydroxyl groups is 1. The van der Waals surface area contributed by atoms with Gasteiger partial charge in [-0.1, -0.05) is 40.7 Å². The molecule has 0 radical (unpaired) electrons. The van der Waals surface area contributed by atoms with Gasteiger partial charge < -0.3 is 25.1 Å². The van der Waals surface area contributed by atoms with E-state index in [1.54, 1.807) is 26.4 Å². The zero-order valence-electron chi connectivity index (χ0n) is 20.3. The molecule has 178 valence electrons. The van der Waals surface area contributed by atoms with Gasteiger partial charge in [-0.05, 0) is 35.6 Å². The average molecular weight is 456 g/mol. The second-order valence-corrected chi connectivity index (χ2v) is 9.02. The number of benzene rings is 1. The Kier molecular flexibility index (Phi) is 8.45. The number of amides is 1. The molecular weight excluding hydrogens is 422 g/mol. The Morgan fingerprint density at radius 3 is 2.21 bits per heavy atom. The summed E-state index contributed by atoms with van der Waals surface area (Å²) in [5, 5.41) is 16.1. The molecule has 0 bridgehead atoms. The number of furan rings is 1. The Bertz CT molecular complexity index is 1160. The highest BCUT2D eigenvalue weighted by Crippen LogP contribution is 2.32. The molecule has 0 saturated heterocycles. The van der Waals surface area contributed by atoms with Crippen LogP contribution >= 0.6 is 0 Å². The van der Waals surface area contributed by atoms with Crippen LogP contribution in [0.1, 0.15) is 62.2 Å². The van der Waals surface area contributed by atoms with E-state index in [0.717, 1.165) is 11.5 Å². The summed E-state index contributed by atoms with van der Waals surface area (Å²) in [7, 11) is 3.14. The first-order valence-electron chi connectivity index (χ1n) is 10.9. The highest BCUT2D eigenvalue weighted by Gasteiger charge is 2.23. The Balaban J connectivity index is 0.000000890. The quantitative estimate of drug-likeness (QED) is 0.357. The number of carbonyl (C=O) groups is 1. The summed E-state index contributed by atoms with van der Waals surface area (Å²) in [6.45, 7) is 10.8. The predicted octanol–water partition coefficient (Wildman–Crippen LogP) is 4.42. The number of para-hydroxylation sites is 1. The first kappa shape index (κ1) is 25.7. The monoisotopic (exact) mass is 455 g/mol. The Hall–Kier alpha value is -3.55. The third-order valence-electron chi connectivity index (χ3n) is 4.62. The van der Waals surface area contributed by atoms with E-state index in [0.29, 0.717) is 11.7 Å². The van der Waals surface area contributed by atoms with Crippen LogP contribution in [0, 0.1) is 5.92 Å². The van der Waals surface area contributed by atoms with Gasteiger partial charge in [0.15, 0.2) is 5.75 Å². The molecule has 1 aromatic heterocycles. The number of carbonyl (C=O) groups excluding carboxylic acids is 1. The first-order chi connectivity index (χ1) is 15.4. The largest absolute Gasteiger partial charge is 0.505 e. The fraction of sp³-hybridized carbons (Fsp3) is 0.400. The predicted molar refractivity (Wildman–Crippen MR) is 131 cm³/mol. The van der Waals surface area contributed by atoms with Crippen LogP contribution < -0.4 is 21.5 Å².